The number of hydrogen-bond donors (Lipinski definition) is 0. The molecule has 0 N–H and O–H groups in total. The van der Waals surface area contributed by atoms with Crippen molar-refractivity contribution in [2.24, 2.45) is 0 Å². The van der Waals surface area contributed by atoms with E-state index in [4.69, 9.17) is 9.47 Å². The minimum absolute atomic E-state index is 0.329. The highest BCUT2D eigenvalue weighted by Gasteiger charge is 2.32. The molecule has 0 spiro atoms. The summed E-state index contributed by atoms with van der Waals surface area (Å²) in [5.74, 6) is 0.386. The quantitative estimate of drug-likeness (QED) is 0.769. The van der Waals surface area contributed by atoms with E-state index in [0.29, 0.717) is 11.3 Å². The van der Waals surface area contributed by atoms with Crippen molar-refractivity contribution in [3.63, 3.8) is 0 Å². The molecule has 2 aromatic rings. The molecule has 1 aliphatic rings. The van der Waals surface area contributed by atoms with Gasteiger partial charge in [-0.25, -0.2) is 4.79 Å². The Morgan fingerprint density at radius 1 is 1.05 bits per heavy atom. The average molecular weight is 254 g/mol. The second-order valence-electron chi connectivity index (χ2n) is 4.77. The van der Waals surface area contributed by atoms with Gasteiger partial charge in [0.25, 0.3) is 6.29 Å². The van der Waals surface area contributed by atoms with Gasteiger partial charge in [-0.15, -0.1) is 0 Å². The number of carbonyl (C=O) groups excluding carboxylic acids is 1. The zero-order chi connectivity index (χ0) is 13.4. The largest absolute Gasteiger partial charge is 0.450 e. The normalized spacial score (nSPS) is 16.9. The predicted octanol–water partition coefficient (Wildman–Crippen LogP) is 3.55. The standard InChI is InChI=1S/C16H14O3/c1-10-7-11(2)9-12(8-10)18-16-14-6-4-3-5-13(14)15(17)19-16/h3-9,16H,1-2H3. The third-order valence-corrected chi connectivity index (χ3v) is 3.09. The van der Waals surface area contributed by atoms with Crippen LogP contribution < -0.4 is 4.74 Å². The van der Waals surface area contributed by atoms with Gasteiger partial charge in [-0.1, -0.05) is 24.3 Å². The molecule has 96 valence electrons. The molecule has 0 amide bonds. The molecular formula is C16H14O3. The van der Waals surface area contributed by atoms with Gasteiger partial charge in [0.2, 0.25) is 0 Å². The lowest BCUT2D eigenvalue weighted by Crippen LogP contribution is -2.07. The monoisotopic (exact) mass is 254 g/mol. The molecule has 3 heteroatoms. The second kappa shape index (κ2) is 4.43. The Morgan fingerprint density at radius 3 is 2.47 bits per heavy atom. The van der Waals surface area contributed by atoms with Crippen LogP contribution in [0.4, 0.5) is 0 Å². The van der Waals surface area contributed by atoms with E-state index < -0.39 is 6.29 Å². The van der Waals surface area contributed by atoms with E-state index in [0.717, 1.165) is 16.7 Å². The molecule has 1 atom stereocenters. The van der Waals surface area contributed by atoms with Crippen LogP contribution in [0.1, 0.15) is 33.3 Å². The number of ether oxygens (including phenoxy) is 2. The van der Waals surface area contributed by atoms with E-state index in [1.807, 2.05) is 44.2 Å². The number of esters is 1. The zero-order valence-electron chi connectivity index (χ0n) is 10.8. The van der Waals surface area contributed by atoms with E-state index in [2.05, 4.69) is 6.07 Å². The molecule has 19 heavy (non-hydrogen) atoms. The maximum atomic E-state index is 11.7. The van der Waals surface area contributed by atoms with Gasteiger partial charge in [0, 0.05) is 5.56 Å². The minimum Gasteiger partial charge on any atom is -0.450 e. The van der Waals surface area contributed by atoms with Crippen molar-refractivity contribution in [1.82, 2.24) is 0 Å². The van der Waals surface area contributed by atoms with Crippen molar-refractivity contribution >= 4 is 5.97 Å². The maximum absolute atomic E-state index is 11.7. The van der Waals surface area contributed by atoms with Crippen molar-refractivity contribution in [2.45, 2.75) is 20.1 Å². The molecule has 1 unspecified atom stereocenters. The fourth-order valence-electron chi connectivity index (χ4n) is 2.32. The van der Waals surface area contributed by atoms with Crippen LogP contribution >= 0.6 is 0 Å². The Labute approximate surface area is 111 Å². The Bertz CT molecular complexity index is 626. The summed E-state index contributed by atoms with van der Waals surface area (Å²) >= 11 is 0. The third-order valence-electron chi connectivity index (χ3n) is 3.09. The third kappa shape index (κ3) is 2.19. The molecule has 0 saturated heterocycles. The minimum atomic E-state index is -0.648. The number of rotatable bonds is 2. The van der Waals surface area contributed by atoms with Crippen LogP contribution in [-0.2, 0) is 4.74 Å². The first-order valence-corrected chi connectivity index (χ1v) is 6.18. The van der Waals surface area contributed by atoms with Gasteiger partial charge in [0.15, 0.2) is 0 Å². The van der Waals surface area contributed by atoms with Crippen molar-refractivity contribution in [3.05, 3.63) is 64.7 Å². The smallest absolute Gasteiger partial charge is 0.342 e. The van der Waals surface area contributed by atoms with Crippen LogP contribution in [0.2, 0.25) is 0 Å². The number of cyclic esters (lactones) is 1. The number of carbonyl (C=O) groups is 1. The number of aryl methyl sites for hydroxylation is 2. The summed E-state index contributed by atoms with van der Waals surface area (Å²) in [6.45, 7) is 4.02. The summed E-state index contributed by atoms with van der Waals surface area (Å²) < 4.78 is 11.0. The molecule has 1 aliphatic heterocycles. The Hall–Kier alpha value is -2.29. The molecule has 3 rings (SSSR count). The Morgan fingerprint density at radius 2 is 1.74 bits per heavy atom. The summed E-state index contributed by atoms with van der Waals surface area (Å²) in [6.07, 6.45) is -0.648. The SMILES string of the molecule is Cc1cc(C)cc(OC2OC(=O)c3ccccc32)c1. The topological polar surface area (TPSA) is 35.5 Å². The molecule has 2 aromatic carbocycles. The van der Waals surface area contributed by atoms with Gasteiger partial charge in [-0.05, 0) is 43.2 Å². The second-order valence-corrected chi connectivity index (χ2v) is 4.77. The van der Waals surface area contributed by atoms with Gasteiger partial charge in [-0.3, -0.25) is 0 Å². The fraction of sp³-hybridized carbons (Fsp3) is 0.188. The first-order valence-electron chi connectivity index (χ1n) is 6.18. The molecule has 0 aromatic heterocycles. The van der Waals surface area contributed by atoms with Gasteiger partial charge >= 0.3 is 5.97 Å². The molecule has 0 bridgehead atoms. The number of benzene rings is 2. The summed E-state index contributed by atoms with van der Waals surface area (Å²) in [5, 5.41) is 0. The summed E-state index contributed by atoms with van der Waals surface area (Å²) in [5.41, 5.74) is 3.60. The summed E-state index contributed by atoms with van der Waals surface area (Å²) in [7, 11) is 0. The Kier molecular flexibility index (Phi) is 2.75. The van der Waals surface area contributed by atoms with Gasteiger partial charge < -0.3 is 9.47 Å². The first-order chi connectivity index (χ1) is 9.13. The molecule has 0 radical (unpaired) electrons. The van der Waals surface area contributed by atoms with Crippen molar-refractivity contribution in [2.75, 3.05) is 0 Å². The summed E-state index contributed by atoms with van der Waals surface area (Å²) in [4.78, 5) is 11.7. The van der Waals surface area contributed by atoms with Crippen LogP contribution in [0.15, 0.2) is 42.5 Å². The molecule has 0 fully saturated rings. The zero-order valence-corrected chi connectivity index (χ0v) is 10.8. The highest BCUT2D eigenvalue weighted by atomic mass is 16.7. The molecule has 3 nitrogen and oxygen atoms in total. The average Bonchev–Trinajstić information content (AvgIpc) is 2.66. The number of fused-ring (bicyclic) bond motifs is 1. The maximum Gasteiger partial charge on any atom is 0.342 e. The fourth-order valence-corrected chi connectivity index (χ4v) is 2.32. The molecule has 1 heterocycles. The first kappa shape index (κ1) is 11.8. The van der Waals surface area contributed by atoms with E-state index >= 15 is 0 Å². The van der Waals surface area contributed by atoms with Crippen LogP contribution in [-0.4, -0.2) is 5.97 Å². The Balaban J connectivity index is 1.91. The van der Waals surface area contributed by atoms with E-state index in [-0.39, 0.29) is 5.97 Å². The van der Waals surface area contributed by atoms with Gasteiger partial charge in [0.05, 0.1) is 5.56 Å². The van der Waals surface area contributed by atoms with E-state index in [1.54, 1.807) is 6.07 Å². The lowest BCUT2D eigenvalue weighted by atomic mass is 10.1. The van der Waals surface area contributed by atoms with Crippen LogP contribution in [0.25, 0.3) is 0 Å². The van der Waals surface area contributed by atoms with Gasteiger partial charge in [0.1, 0.15) is 5.75 Å². The molecule has 0 aliphatic carbocycles. The summed E-state index contributed by atoms with van der Waals surface area (Å²) in [6, 6.07) is 13.2. The predicted molar refractivity (Wildman–Crippen MR) is 71.1 cm³/mol. The van der Waals surface area contributed by atoms with Gasteiger partial charge in [-0.2, -0.15) is 0 Å². The lowest BCUT2D eigenvalue weighted by molar-refractivity contribution is -0.0382. The molecule has 0 saturated carbocycles. The highest BCUT2D eigenvalue weighted by Crippen LogP contribution is 2.33. The van der Waals surface area contributed by atoms with Crippen molar-refractivity contribution in [3.8, 4) is 5.75 Å². The number of hydrogen-bond acceptors (Lipinski definition) is 3. The van der Waals surface area contributed by atoms with Crippen molar-refractivity contribution < 1.29 is 14.3 Å². The van der Waals surface area contributed by atoms with E-state index in [1.165, 1.54) is 0 Å². The van der Waals surface area contributed by atoms with Crippen LogP contribution in [0, 0.1) is 13.8 Å². The van der Waals surface area contributed by atoms with Crippen molar-refractivity contribution in [1.29, 1.82) is 0 Å². The lowest BCUT2D eigenvalue weighted by Gasteiger charge is -2.14. The highest BCUT2D eigenvalue weighted by molar-refractivity contribution is 5.93. The van der Waals surface area contributed by atoms with Crippen LogP contribution in [0.3, 0.4) is 0 Å². The van der Waals surface area contributed by atoms with E-state index in [9.17, 15) is 4.79 Å². The molecular weight excluding hydrogens is 240 g/mol. The van der Waals surface area contributed by atoms with Crippen LogP contribution in [0.5, 0.6) is 5.75 Å².